The monoisotopic (exact) mass is 360 g/mol. The van der Waals surface area contributed by atoms with Gasteiger partial charge in [-0.3, -0.25) is 0 Å². The summed E-state index contributed by atoms with van der Waals surface area (Å²) in [5.41, 5.74) is 1.83. The quantitative estimate of drug-likeness (QED) is 0.425. The molecule has 0 atom stereocenters. The topological polar surface area (TPSA) is 27.1 Å². The molecule has 3 rings (SSSR count). The molecular weight excluding hydrogens is 341 g/mol. The second-order valence-corrected chi connectivity index (χ2v) is 5.88. The number of allylic oxidation sites excluding steroid dienone is 1. The minimum Gasteiger partial charge on any atom is -0.493 e. The first-order valence-electron chi connectivity index (χ1n) is 8.35. The summed E-state index contributed by atoms with van der Waals surface area (Å²) in [6.07, 6.45) is -1.59. The van der Waals surface area contributed by atoms with Gasteiger partial charge in [-0.25, -0.2) is 4.98 Å². The van der Waals surface area contributed by atoms with Crippen LogP contribution in [0.25, 0.3) is 11.0 Å². The number of aromatic nitrogens is 2. The van der Waals surface area contributed by atoms with E-state index in [-0.39, 0.29) is 6.54 Å². The number of para-hydroxylation sites is 3. The molecule has 0 saturated carbocycles. The van der Waals surface area contributed by atoms with E-state index in [9.17, 15) is 13.2 Å². The van der Waals surface area contributed by atoms with E-state index >= 15 is 0 Å². The third-order valence-electron chi connectivity index (χ3n) is 4.03. The molecule has 3 nitrogen and oxygen atoms in total. The van der Waals surface area contributed by atoms with Gasteiger partial charge in [0.2, 0.25) is 5.82 Å². The molecule has 0 aliphatic heterocycles. The number of halogens is 3. The predicted molar refractivity (Wildman–Crippen MR) is 95.2 cm³/mol. The standard InChI is InChI=1S/C20H19F3N2O/c1-2-8-15-9-3-6-12-18(15)26-14-7-13-25-17-11-5-4-10-16(17)24-19(25)20(21,22)23/h2-6,9-12H,1,7-8,13-14H2. The van der Waals surface area contributed by atoms with Crippen LogP contribution in [0.4, 0.5) is 13.2 Å². The highest BCUT2D eigenvalue weighted by atomic mass is 19.4. The van der Waals surface area contributed by atoms with Gasteiger partial charge in [-0.1, -0.05) is 36.4 Å². The van der Waals surface area contributed by atoms with Crippen molar-refractivity contribution in [1.29, 1.82) is 0 Å². The van der Waals surface area contributed by atoms with Gasteiger partial charge in [0, 0.05) is 6.54 Å². The summed E-state index contributed by atoms with van der Waals surface area (Å²) in [4.78, 5) is 3.75. The van der Waals surface area contributed by atoms with Gasteiger partial charge in [-0.15, -0.1) is 6.58 Å². The zero-order valence-corrected chi connectivity index (χ0v) is 14.2. The van der Waals surface area contributed by atoms with Crippen molar-refractivity contribution in [3.8, 4) is 5.75 Å². The van der Waals surface area contributed by atoms with E-state index in [1.807, 2.05) is 24.3 Å². The summed E-state index contributed by atoms with van der Waals surface area (Å²) >= 11 is 0. The largest absolute Gasteiger partial charge is 0.493 e. The highest BCUT2D eigenvalue weighted by Gasteiger charge is 2.37. The van der Waals surface area contributed by atoms with Crippen molar-refractivity contribution in [3.05, 3.63) is 72.6 Å². The van der Waals surface area contributed by atoms with Crippen LogP contribution in [-0.4, -0.2) is 16.2 Å². The van der Waals surface area contributed by atoms with Gasteiger partial charge < -0.3 is 9.30 Å². The molecule has 0 N–H and O–H groups in total. The molecule has 1 aromatic heterocycles. The summed E-state index contributed by atoms with van der Waals surface area (Å²) in [6.45, 7) is 4.21. The van der Waals surface area contributed by atoms with E-state index in [0.717, 1.165) is 11.3 Å². The molecule has 0 unspecified atom stereocenters. The lowest BCUT2D eigenvalue weighted by molar-refractivity contribution is -0.147. The maximum absolute atomic E-state index is 13.3. The number of fused-ring (bicyclic) bond motifs is 1. The number of nitrogens with zero attached hydrogens (tertiary/aromatic N) is 2. The maximum atomic E-state index is 13.3. The molecule has 0 aliphatic carbocycles. The van der Waals surface area contributed by atoms with Crippen molar-refractivity contribution < 1.29 is 17.9 Å². The van der Waals surface area contributed by atoms with Crippen LogP contribution in [-0.2, 0) is 19.1 Å². The predicted octanol–water partition coefficient (Wildman–Crippen LogP) is 5.25. The Labute approximate surface area is 149 Å². The molecule has 0 bridgehead atoms. The highest BCUT2D eigenvalue weighted by molar-refractivity contribution is 5.76. The number of hydrogen-bond donors (Lipinski definition) is 0. The van der Waals surface area contributed by atoms with Gasteiger partial charge in [-0.05, 0) is 36.6 Å². The Morgan fingerprint density at radius 2 is 1.81 bits per heavy atom. The lowest BCUT2D eigenvalue weighted by Crippen LogP contribution is -2.16. The highest BCUT2D eigenvalue weighted by Crippen LogP contribution is 2.31. The Morgan fingerprint density at radius 3 is 2.58 bits per heavy atom. The Morgan fingerprint density at radius 1 is 1.08 bits per heavy atom. The lowest BCUT2D eigenvalue weighted by Gasteiger charge is -2.13. The molecule has 3 aromatic rings. The van der Waals surface area contributed by atoms with Crippen molar-refractivity contribution in [3.63, 3.8) is 0 Å². The SMILES string of the molecule is C=CCc1ccccc1OCCCn1c(C(F)(F)F)nc2ccccc21. The van der Waals surface area contributed by atoms with Crippen LogP contribution in [0.2, 0.25) is 0 Å². The second-order valence-electron chi connectivity index (χ2n) is 5.88. The van der Waals surface area contributed by atoms with Crippen LogP contribution in [0, 0.1) is 0 Å². The number of imidazole rings is 1. The molecule has 0 fully saturated rings. The third kappa shape index (κ3) is 3.90. The summed E-state index contributed by atoms with van der Waals surface area (Å²) in [5.74, 6) is -0.135. The molecule has 0 aliphatic rings. The second kappa shape index (κ2) is 7.64. The summed E-state index contributed by atoms with van der Waals surface area (Å²) < 4.78 is 46.8. The summed E-state index contributed by atoms with van der Waals surface area (Å²) in [6, 6.07) is 14.2. The molecule has 2 aromatic carbocycles. The Bertz CT molecular complexity index is 899. The van der Waals surface area contributed by atoms with Crippen LogP contribution < -0.4 is 4.74 Å². The molecule has 26 heavy (non-hydrogen) atoms. The first-order valence-corrected chi connectivity index (χ1v) is 8.35. The average molecular weight is 360 g/mol. The maximum Gasteiger partial charge on any atom is 0.449 e. The number of aryl methyl sites for hydroxylation is 1. The Kier molecular flexibility index (Phi) is 5.30. The number of alkyl halides is 3. The summed E-state index contributed by atoms with van der Waals surface area (Å²) in [5, 5.41) is 0. The molecule has 6 heteroatoms. The lowest BCUT2D eigenvalue weighted by atomic mass is 10.1. The van der Waals surface area contributed by atoms with Crippen molar-refractivity contribution in [2.45, 2.75) is 25.6 Å². The molecule has 0 radical (unpaired) electrons. The van der Waals surface area contributed by atoms with Gasteiger partial charge in [0.1, 0.15) is 5.75 Å². The smallest absolute Gasteiger partial charge is 0.449 e. The molecule has 1 heterocycles. The molecule has 0 saturated heterocycles. The van der Waals surface area contributed by atoms with E-state index in [1.54, 1.807) is 30.3 Å². The van der Waals surface area contributed by atoms with Gasteiger partial charge in [-0.2, -0.15) is 13.2 Å². The summed E-state index contributed by atoms with van der Waals surface area (Å²) in [7, 11) is 0. The number of benzene rings is 2. The van der Waals surface area contributed by atoms with Crippen molar-refractivity contribution in [2.75, 3.05) is 6.61 Å². The van der Waals surface area contributed by atoms with Crippen LogP contribution in [0.1, 0.15) is 17.8 Å². The minimum absolute atomic E-state index is 0.180. The van der Waals surface area contributed by atoms with Gasteiger partial charge in [0.05, 0.1) is 17.6 Å². The van der Waals surface area contributed by atoms with Crippen molar-refractivity contribution in [2.24, 2.45) is 0 Å². The zero-order chi connectivity index (χ0) is 18.6. The fourth-order valence-electron chi connectivity index (χ4n) is 2.89. The van der Waals surface area contributed by atoms with Gasteiger partial charge in [0.25, 0.3) is 0 Å². The normalized spacial score (nSPS) is 11.7. The fourth-order valence-corrected chi connectivity index (χ4v) is 2.89. The van der Waals surface area contributed by atoms with Crippen LogP contribution in [0.3, 0.4) is 0 Å². The fraction of sp³-hybridized carbons (Fsp3) is 0.250. The average Bonchev–Trinajstić information content (AvgIpc) is 2.99. The number of rotatable bonds is 7. The number of ether oxygens (including phenoxy) is 1. The van der Waals surface area contributed by atoms with E-state index < -0.39 is 12.0 Å². The van der Waals surface area contributed by atoms with Crippen molar-refractivity contribution in [1.82, 2.24) is 9.55 Å². The zero-order valence-electron chi connectivity index (χ0n) is 14.2. The van der Waals surface area contributed by atoms with E-state index in [0.29, 0.717) is 30.5 Å². The van der Waals surface area contributed by atoms with E-state index in [4.69, 9.17) is 4.74 Å². The van der Waals surface area contributed by atoms with Gasteiger partial charge >= 0.3 is 6.18 Å². The number of hydrogen-bond acceptors (Lipinski definition) is 2. The van der Waals surface area contributed by atoms with E-state index in [1.165, 1.54) is 4.57 Å². The molecule has 0 spiro atoms. The molecular formula is C20H19F3N2O. The minimum atomic E-state index is -4.49. The Balaban J connectivity index is 1.72. The third-order valence-corrected chi connectivity index (χ3v) is 4.03. The van der Waals surface area contributed by atoms with Crippen LogP contribution in [0.15, 0.2) is 61.2 Å². The molecule has 0 amide bonds. The molecule has 136 valence electrons. The first-order chi connectivity index (χ1) is 12.5. The first kappa shape index (κ1) is 18.0. The van der Waals surface area contributed by atoms with Gasteiger partial charge in [0.15, 0.2) is 0 Å². The Hall–Kier alpha value is -2.76. The van der Waals surface area contributed by atoms with Crippen molar-refractivity contribution >= 4 is 11.0 Å². The van der Waals surface area contributed by atoms with E-state index in [2.05, 4.69) is 11.6 Å². The van der Waals surface area contributed by atoms with Crippen LogP contribution in [0.5, 0.6) is 5.75 Å². The van der Waals surface area contributed by atoms with Crippen LogP contribution >= 0.6 is 0 Å².